The molecule has 0 N–H and O–H groups in total. The highest BCUT2D eigenvalue weighted by molar-refractivity contribution is 7.97. The first kappa shape index (κ1) is 40.4. The number of anilines is 1. The molecule has 0 bridgehead atoms. The summed E-state index contributed by atoms with van der Waals surface area (Å²) in [5, 5.41) is 3.05. The molecular formula is C51H47ClN2O3S. The molecule has 7 aromatic carbocycles. The highest BCUT2D eigenvalue weighted by Gasteiger charge is 2.22. The minimum atomic E-state index is -0.451. The summed E-state index contributed by atoms with van der Waals surface area (Å²) in [6.45, 7) is 13.4. The van der Waals surface area contributed by atoms with Gasteiger partial charge in [-0.3, -0.25) is 0 Å². The number of hydrogen-bond donors (Lipinski definition) is 0. The third-order valence-corrected chi connectivity index (χ3v) is 11.5. The van der Waals surface area contributed by atoms with Gasteiger partial charge in [-0.1, -0.05) is 145 Å². The maximum absolute atomic E-state index is 13.7. The minimum Gasteiger partial charge on any atom is -0.488 e. The molecule has 0 heterocycles. The molecule has 0 fully saturated rings. The molecule has 0 amide bonds. The van der Waals surface area contributed by atoms with Gasteiger partial charge >= 0.3 is 5.97 Å². The topological polar surface area (TPSA) is 42.0 Å². The van der Waals surface area contributed by atoms with Crippen LogP contribution in [0, 0.1) is 20.8 Å². The van der Waals surface area contributed by atoms with Gasteiger partial charge in [0.2, 0.25) is 0 Å². The number of ether oxygens (including phenoxy) is 2. The van der Waals surface area contributed by atoms with Crippen molar-refractivity contribution in [2.75, 3.05) is 11.4 Å². The molecule has 58 heavy (non-hydrogen) atoms. The molecule has 7 heteroatoms. The lowest BCUT2D eigenvalue weighted by Gasteiger charge is -2.32. The number of esters is 1. The molecule has 292 valence electrons. The van der Waals surface area contributed by atoms with E-state index in [-0.39, 0.29) is 13.2 Å². The van der Waals surface area contributed by atoms with Crippen molar-refractivity contribution in [3.8, 4) is 5.75 Å². The number of nitrogens with zero attached hydrogens (tertiary/aromatic N) is 2. The number of hydrogen-bond acceptors (Lipinski definition) is 6. The lowest BCUT2D eigenvalue weighted by atomic mass is 10.1. The fraction of sp³-hybridized carbons (Fsp3) is 0.157. The molecule has 0 atom stereocenters. The highest BCUT2D eigenvalue weighted by atomic mass is 35.5. The van der Waals surface area contributed by atoms with Gasteiger partial charge in [0.05, 0.1) is 0 Å². The molecule has 0 saturated carbocycles. The zero-order valence-corrected chi connectivity index (χ0v) is 34.7. The second-order valence-electron chi connectivity index (χ2n) is 14.6. The summed E-state index contributed by atoms with van der Waals surface area (Å²) in [4.78, 5) is 17.2. The number of rotatable bonds is 16. The molecule has 0 aliphatic heterocycles. The quantitative estimate of drug-likeness (QED) is 0.0716. The Hall–Kier alpha value is -5.79. The smallest absolute Gasteiger partial charge is 0.342 e. The lowest BCUT2D eigenvalue weighted by molar-refractivity contribution is 0.0467. The van der Waals surface area contributed by atoms with E-state index >= 15 is 0 Å². The SMILES string of the molecule is C=C(CN(Cc1ccc(Cl)cc1)Sc1c(C)cc(C)cc1C)N(Cc1ccc2ccccc2c1)c1ccc(C(=O)OCc2ccccc2)c(OCc2ccccc2)c1. The maximum Gasteiger partial charge on any atom is 0.342 e. The zero-order chi connectivity index (χ0) is 40.4. The number of carbonyl (C=O) groups excluding carboxylic acids is 1. The van der Waals surface area contributed by atoms with Gasteiger partial charge in [0.1, 0.15) is 24.5 Å². The molecule has 0 unspecified atom stereocenters. The Balaban J connectivity index is 1.25. The highest BCUT2D eigenvalue weighted by Crippen LogP contribution is 2.35. The molecule has 5 nitrogen and oxygen atoms in total. The first-order valence-corrected chi connectivity index (χ1v) is 20.5. The van der Waals surface area contributed by atoms with E-state index in [0.29, 0.717) is 36.0 Å². The van der Waals surface area contributed by atoms with E-state index in [0.717, 1.165) is 33.6 Å². The van der Waals surface area contributed by atoms with Crippen molar-refractivity contribution in [2.45, 2.75) is 52.0 Å². The summed E-state index contributed by atoms with van der Waals surface area (Å²) >= 11 is 8.05. The standard InChI is InChI=1S/C51H47ClN2O3S/c1-36-27-37(2)50(38(3)28-36)58-53(32-40-20-23-46(52)24-21-40)31-39(4)54(33-43-19-22-44-17-11-12-18-45(44)29-43)47-25-26-48(51(55)57-35-42-15-9-6-10-16-42)49(30-47)56-34-41-13-7-5-8-14-41/h5-30H,4,31-35H2,1-3H3. The maximum atomic E-state index is 13.7. The van der Waals surface area contributed by atoms with E-state index in [2.05, 4.69) is 96.7 Å². The van der Waals surface area contributed by atoms with Gasteiger partial charge in [0.15, 0.2) is 0 Å². The third-order valence-electron chi connectivity index (χ3n) is 9.94. The summed E-state index contributed by atoms with van der Waals surface area (Å²) in [5.41, 5.74) is 9.96. The molecule has 7 aromatic rings. The van der Waals surface area contributed by atoms with Crippen molar-refractivity contribution in [1.82, 2.24) is 4.31 Å². The summed E-state index contributed by atoms with van der Waals surface area (Å²) in [6, 6.07) is 52.8. The summed E-state index contributed by atoms with van der Waals surface area (Å²) in [7, 11) is 0. The number of aryl methyl sites for hydroxylation is 3. The number of fused-ring (bicyclic) bond motifs is 1. The van der Waals surface area contributed by atoms with Gasteiger partial charge in [-0.2, -0.15) is 0 Å². The summed E-state index contributed by atoms with van der Waals surface area (Å²) in [5.74, 6) is -0.0122. The first-order valence-electron chi connectivity index (χ1n) is 19.4. The second-order valence-corrected chi connectivity index (χ2v) is 16.1. The second kappa shape index (κ2) is 19.1. The van der Waals surface area contributed by atoms with Crippen LogP contribution in [0.1, 0.15) is 49.3 Å². The summed E-state index contributed by atoms with van der Waals surface area (Å²) < 4.78 is 14.7. The molecule has 0 aliphatic rings. The van der Waals surface area contributed by atoms with E-state index in [4.69, 9.17) is 27.7 Å². The molecule has 0 aliphatic carbocycles. The van der Waals surface area contributed by atoms with Crippen molar-refractivity contribution in [1.29, 1.82) is 0 Å². The lowest BCUT2D eigenvalue weighted by Crippen LogP contribution is -2.29. The van der Waals surface area contributed by atoms with E-state index in [9.17, 15) is 4.79 Å². The average Bonchev–Trinajstić information content (AvgIpc) is 3.23. The Morgan fingerprint density at radius 2 is 1.26 bits per heavy atom. The monoisotopic (exact) mass is 802 g/mol. The van der Waals surface area contributed by atoms with E-state index in [1.165, 1.54) is 32.4 Å². The van der Waals surface area contributed by atoms with Crippen molar-refractivity contribution in [2.24, 2.45) is 0 Å². The molecule has 0 spiro atoms. The van der Waals surface area contributed by atoms with Crippen molar-refractivity contribution < 1.29 is 14.3 Å². The number of halogens is 1. The molecule has 0 aromatic heterocycles. The Bertz CT molecular complexity index is 2480. The minimum absolute atomic E-state index is 0.158. The van der Waals surface area contributed by atoms with Crippen LogP contribution in [-0.4, -0.2) is 16.8 Å². The van der Waals surface area contributed by atoms with E-state index < -0.39 is 5.97 Å². The third kappa shape index (κ3) is 10.6. The van der Waals surface area contributed by atoms with Crippen LogP contribution in [0.4, 0.5) is 5.69 Å². The first-order chi connectivity index (χ1) is 28.2. The largest absolute Gasteiger partial charge is 0.488 e. The molecule has 0 radical (unpaired) electrons. The Morgan fingerprint density at radius 3 is 1.95 bits per heavy atom. The average molecular weight is 803 g/mol. The fourth-order valence-electron chi connectivity index (χ4n) is 7.05. The molecule has 0 saturated heterocycles. The van der Waals surface area contributed by atoms with Crippen LogP contribution >= 0.6 is 23.5 Å². The van der Waals surface area contributed by atoms with Gasteiger partial charge in [-0.05, 0) is 107 Å². The normalized spacial score (nSPS) is 11.1. The van der Waals surface area contributed by atoms with Crippen molar-refractivity contribution in [3.05, 3.63) is 220 Å². The van der Waals surface area contributed by atoms with Crippen molar-refractivity contribution in [3.63, 3.8) is 0 Å². The number of carbonyl (C=O) groups is 1. The van der Waals surface area contributed by atoms with Crippen LogP contribution < -0.4 is 9.64 Å². The van der Waals surface area contributed by atoms with Crippen molar-refractivity contribution >= 4 is 46.0 Å². The van der Waals surface area contributed by atoms with Crippen LogP contribution in [0.15, 0.2) is 175 Å². The van der Waals surface area contributed by atoms with Crippen LogP contribution in [0.5, 0.6) is 5.75 Å². The fourth-order valence-corrected chi connectivity index (χ4v) is 8.27. The van der Waals surface area contributed by atoms with Crippen LogP contribution in [-0.2, 0) is 31.0 Å². The van der Waals surface area contributed by atoms with Crippen LogP contribution in [0.2, 0.25) is 5.02 Å². The van der Waals surface area contributed by atoms with Gasteiger partial charge in [-0.25, -0.2) is 9.10 Å². The van der Waals surface area contributed by atoms with E-state index in [1.807, 2.05) is 91.0 Å². The molecular weight excluding hydrogens is 756 g/mol. The predicted molar refractivity (Wildman–Crippen MR) is 240 cm³/mol. The van der Waals surface area contributed by atoms with Crippen LogP contribution in [0.3, 0.4) is 0 Å². The van der Waals surface area contributed by atoms with E-state index in [1.54, 1.807) is 11.9 Å². The Labute approximate surface area is 351 Å². The number of benzene rings is 7. The van der Waals surface area contributed by atoms with Crippen LogP contribution in [0.25, 0.3) is 10.8 Å². The Morgan fingerprint density at radius 1 is 0.638 bits per heavy atom. The zero-order valence-electron chi connectivity index (χ0n) is 33.2. The van der Waals surface area contributed by atoms with Gasteiger partial charge in [0, 0.05) is 47.0 Å². The van der Waals surface area contributed by atoms with Gasteiger partial charge < -0.3 is 14.4 Å². The van der Waals surface area contributed by atoms with Gasteiger partial charge in [0.25, 0.3) is 0 Å². The molecule has 7 rings (SSSR count). The van der Waals surface area contributed by atoms with Gasteiger partial charge in [-0.15, -0.1) is 0 Å². The Kier molecular flexibility index (Phi) is 13.3. The predicted octanol–water partition coefficient (Wildman–Crippen LogP) is 13.1. The summed E-state index contributed by atoms with van der Waals surface area (Å²) in [6.07, 6.45) is 0.